The lowest BCUT2D eigenvalue weighted by Gasteiger charge is -2.07. The van der Waals surface area contributed by atoms with E-state index in [0.29, 0.717) is 5.15 Å². The lowest BCUT2D eigenvalue weighted by Crippen LogP contribution is -2.01. The molecule has 0 bridgehead atoms. The maximum Gasteiger partial charge on any atom is 0.140 e. The van der Waals surface area contributed by atoms with Gasteiger partial charge in [-0.15, -0.1) is 11.8 Å². The van der Waals surface area contributed by atoms with Gasteiger partial charge in [0.1, 0.15) is 11.0 Å². The zero-order valence-electron chi connectivity index (χ0n) is 11.4. The van der Waals surface area contributed by atoms with Crippen LogP contribution in [0.4, 0.5) is 0 Å². The number of rotatable bonds is 4. The lowest BCUT2D eigenvalue weighted by molar-refractivity contribution is 0.918. The fourth-order valence-corrected chi connectivity index (χ4v) is 2.73. The third-order valence-corrected chi connectivity index (χ3v) is 4.33. The molecule has 0 fully saturated rings. The molecule has 0 N–H and O–H groups in total. The summed E-state index contributed by atoms with van der Waals surface area (Å²) in [6.07, 6.45) is 0.885. The summed E-state index contributed by atoms with van der Waals surface area (Å²) in [4.78, 5) is 10.1. The predicted molar refractivity (Wildman–Crippen MR) is 81.9 cm³/mol. The second kappa shape index (κ2) is 6.40. The molecular formula is C15H17ClN2S. The molecule has 19 heavy (non-hydrogen) atoms. The first kappa shape index (κ1) is 14.4. The molecule has 1 heterocycles. The standard InChI is InChI=1S/C15H17ClN2S/c1-4-13-11(3)15(16)18-14(17-13)9-19-12-7-5-10(2)6-8-12/h5-8H,4,9H2,1-3H3. The first-order valence-electron chi connectivity index (χ1n) is 6.31. The number of halogens is 1. The number of nitrogens with zero attached hydrogens (tertiary/aromatic N) is 2. The van der Waals surface area contributed by atoms with Crippen LogP contribution in [0.25, 0.3) is 0 Å². The summed E-state index contributed by atoms with van der Waals surface area (Å²) in [6.45, 7) is 6.14. The second-order valence-electron chi connectivity index (χ2n) is 4.46. The molecule has 0 radical (unpaired) electrons. The number of aryl methyl sites for hydroxylation is 2. The molecule has 2 nitrogen and oxygen atoms in total. The van der Waals surface area contributed by atoms with Crippen LogP contribution < -0.4 is 0 Å². The summed E-state index contributed by atoms with van der Waals surface area (Å²) in [7, 11) is 0. The van der Waals surface area contributed by atoms with Crippen LogP contribution in [0.15, 0.2) is 29.2 Å². The Morgan fingerprint density at radius 3 is 2.42 bits per heavy atom. The van der Waals surface area contributed by atoms with Crippen LogP contribution in [-0.2, 0) is 12.2 Å². The van der Waals surface area contributed by atoms with E-state index in [-0.39, 0.29) is 0 Å². The maximum atomic E-state index is 6.14. The average molecular weight is 293 g/mol. The van der Waals surface area contributed by atoms with Gasteiger partial charge in [0.15, 0.2) is 0 Å². The van der Waals surface area contributed by atoms with Crippen molar-refractivity contribution in [1.29, 1.82) is 0 Å². The fourth-order valence-electron chi connectivity index (χ4n) is 1.77. The number of hydrogen-bond acceptors (Lipinski definition) is 3. The SMILES string of the molecule is CCc1nc(CSc2ccc(C)cc2)nc(Cl)c1C. The number of hydrogen-bond donors (Lipinski definition) is 0. The van der Waals surface area contributed by atoms with Gasteiger partial charge in [0.25, 0.3) is 0 Å². The minimum Gasteiger partial charge on any atom is -0.237 e. The molecule has 0 aliphatic rings. The Balaban J connectivity index is 2.11. The molecule has 0 aliphatic carbocycles. The zero-order chi connectivity index (χ0) is 13.8. The van der Waals surface area contributed by atoms with Crippen LogP contribution in [-0.4, -0.2) is 9.97 Å². The molecule has 0 unspecified atom stereocenters. The van der Waals surface area contributed by atoms with E-state index >= 15 is 0 Å². The van der Waals surface area contributed by atoms with Crippen molar-refractivity contribution < 1.29 is 0 Å². The van der Waals surface area contributed by atoms with Crippen molar-refractivity contribution in [3.8, 4) is 0 Å². The minimum atomic E-state index is 0.575. The van der Waals surface area contributed by atoms with Gasteiger partial charge in [0, 0.05) is 16.2 Å². The Morgan fingerprint density at radius 2 is 1.79 bits per heavy atom. The molecule has 1 aromatic heterocycles. The van der Waals surface area contributed by atoms with Crippen molar-refractivity contribution in [3.05, 3.63) is 52.1 Å². The zero-order valence-corrected chi connectivity index (χ0v) is 13.0. The summed E-state index contributed by atoms with van der Waals surface area (Å²) in [5, 5.41) is 0.575. The first-order valence-corrected chi connectivity index (χ1v) is 7.68. The van der Waals surface area contributed by atoms with E-state index in [1.807, 2.05) is 6.92 Å². The largest absolute Gasteiger partial charge is 0.237 e. The highest BCUT2D eigenvalue weighted by Crippen LogP contribution is 2.23. The monoisotopic (exact) mass is 292 g/mol. The number of benzene rings is 1. The van der Waals surface area contributed by atoms with Crippen molar-refractivity contribution in [1.82, 2.24) is 9.97 Å². The van der Waals surface area contributed by atoms with Gasteiger partial charge in [-0.1, -0.05) is 36.2 Å². The smallest absolute Gasteiger partial charge is 0.140 e. The van der Waals surface area contributed by atoms with Crippen LogP contribution in [0, 0.1) is 13.8 Å². The van der Waals surface area contributed by atoms with Gasteiger partial charge in [0.2, 0.25) is 0 Å². The van der Waals surface area contributed by atoms with E-state index in [9.17, 15) is 0 Å². The van der Waals surface area contributed by atoms with Gasteiger partial charge in [-0.05, 0) is 32.4 Å². The average Bonchev–Trinajstić information content (AvgIpc) is 2.41. The van der Waals surface area contributed by atoms with Crippen LogP contribution in [0.1, 0.15) is 29.6 Å². The van der Waals surface area contributed by atoms with Crippen LogP contribution in [0.5, 0.6) is 0 Å². The van der Waals surface area contributed by atoms with Crippen molar-refractivity contribution >= 4 is 23.4 Å². The number of thioether (sulfide) groups is 1. The fraction of sp³-hybridized carbons (Fsp3) is 0.333. The van der Waals surface area contributed by atoms with Crippen molar-refractivity contribution in [3.63, 3.8) is 0 Å². The van der Waals surface area contributed by atoms with Gasteiger partial charge in [-0.25, -0.2) is 9.97 Å². The summed E-state index contributed by atoms with van der Waals surface area (Å²) in [5.41, 5.74) is 3.31. The molecule has 0 atom stereocenters. The molecule has 4 heteroatoms. The molecule has 0 aliphatic heterocycles. The molecule has 2 aromatic rings. The molecule has 0 saturated carbocycles. The third kappa shape index (κ3) is 3.71. The van der Waals surface area contributed by atoms with Gasteiger partial charge in [-0.2, -0.15) is 0 Å². The Morgan fingerprint density at radius 1 is 1.11 bits per heavy atom. The van der Waals surface area contributed by atoms with Crippen LogP contribution in [0.3, 0.4) is 0 Å². The predicted octanol–water partition coefficient (Wildman–Crippen LogP) is 4.60. The van der Waals surface area contributed by atoms with Gasteiger partial charge in [-0.3, -0.25) is 0 Å². The highest BCUT2D eigenvalue weighted by Gasteiger charge is 2.08. The van der Waals surface area contributed by atoms with Gasteiger partial charge >= 0.3 is 0 Å². The Hall–Kier alpha value is -1.06. The van der Waals surface area contributed by atoms with Gasteiger partial charge < -0.3 is 0 Å². The van der Waals surface area contributed by atoms with E-state index in [0.717, 1.165) is 29.3 Å². The highest BCUT2D eigenvalue weighted by atomic mass is 35.5. The quantitative estimate of drug-likeness (QED) is 0.608. The van der Waals surface area contributed by atoms with E-state index < -0.39 is 0 Å². The molecule has 100 valence electrons. The summed E-state index contributed by atoms with van der Waals surface area (Å²) in [5.74, 6) is 1.55. The van der Waals surface area contributed by atoms with Gasteiger partial charge in [0.05, 0.1) is 5.75 Å². The second-order valence-corrected chi connectivity index (χ2v) is 5.86. The van der Waals surface area contributed by atoms with Crippen molar-refractivity contribution in [2.24, 2.45) is 0 Å². The van der Waals surface area contributed by atoms with Crippen molar-refractivity contribution in [2.75, 3.05) is 0 Å². The molecule has 0 amide bonds. The van der Waals surface area contributed by atoms with Crippen LogP contribution in [0.2, 0.25) is 5.15 Å². The Kier molecular flexibility index (Phi) is 4.83. The van der Waals surface area contributed by atoms with E-state index in [2.05, 4.69) is 48.1 Å². The van der Waals surface area contributed by atoms with E-state index in [1.54, 1.807) is 11.8 Å². The summed E-state index contributed by atoms with van der Waals surface area (Å²) >= 11 is 7.87. The molecular weight excluding hydrogens is 276 g/mol. The van der Waals surface area contributed by atoms with E-state index in [4.69, 9.17) is 11.6 Å². The number of aromatic nitrogens is 2. The molecule has 1 aromatic carbocycles. The third-order valence-electron chi connectivity index (χ3n) is 2.96. The Bertz CT molecular complexity index is 567. The summed E-state index contributed by atoms with van der Waals surface area (Å²) < 4.78 is 0. The topological polar surface area (TPSA) is 25.8 Å². The molecule has 2 rings (SSSR count). The Labute approximate surface area is 123 Å². The van der Waals surface area contributed by atoms with Crippen molar-refractivity contribution in [2.45, 2.75) is 37.8 Å². The van der Waals surface area contributed by atoms with E-state index in [1.165, 1.54) is 10.5 Å². The lowest BCUT2D eigenvalue weighted by atomic mass is 10.2. The summed E-state index contributed by atoms with van der Waals surface area (Å²) in [6, 6.07) is 8.47. The normalized spacial score (nSPS) is 10.7. The maximum absolute atomic E-state index is 6.14. The highest BCUT2D eigenvalue weighted by molar-refractivity contribution is 7.98. The molecule has 0 saturated heterocycles. The van der Waals surface area contributed by atoms with Crippen LogP contribution >= 0.6 is 23.4 Å². The molecule has 0 spiro atoms. The first-order chi connectivity index (χ1) is 9.10. The minimum absolute atomic E-state index is 0.575.